The Morgan fingerprint density at radius 1 is 1.29 bits per heavy atom. The van der Waals surface area contributed by atoms with E-state index in [-0.39, 0.29) is 0 Å². The van der Waals surface area contributed by atoms with Gasteiger partial charge in [0.15, 0.2) is 0 Å². The monoisotopic (exact) mass is 292 g/mol. The summed E-state index contributed by atoms with van der Waals surface area (Å²) in [6.45, 7) is 3.47. The first-order valence-corrected chi connectivity index (χ1v) is 7.33. The lowest BCUT2D eigenvalue weighted by Crippen LogP contribution is -1.97. The lowest BCUT2D eigenvalue weighted by Gasteiger charge is -2.09. The van der Waals surface area contributed by atoms with E-state index in [9.17, 15) is 4.79 Å². The Kier molecular flexibility index (Phi) is 8.21. The first-order valence-electron chi connectivity index (χ1n) is 7.33. The van der Waals surface area contributed by atoms with E-state index < -0.39 is 5.97 Å². The molecule has 0 aromatic heterocycles. The van der Waals surface area contributed by atoms with Gasteiger partial charge in [-0.25, -0.2) is 4.79 Å². The predicted molar refractivity (Wildman–Crippen MR) is 83.5 cm³/mol. The molecule has 0 amide bonds. The predicted octanol–water partition coefficient (Wildman–Crippen LogP) is 3.89. The van der Waals surface area contributed by atoms with Crippen LogP contribution in [0.15, 0.2) is 24.3 Å². The Labute approximate surface area is 126 Å². The van der Waals surface area contributed by atoms with E-state index in [1.165, 1.54) is 25.3 Å². The van der Waals surface area contributed by atoms with E-state index in [2.05, 4.69) is 6.92 Å². The van der Waals surface area contributed by atoms with Crippen molar-refractivity contribution in [2.45, 2.75) is 39.2 Å². The second-order valence-electron chi connectivity index (χ2n) is 4.86. The van der Waals surface area contributed by atoms with Crippen LogP contribution in [0.2, 0.25) is 0 Å². The van der Waals surface area contributed by atoms with Crippen LogP contribution in [-0.4, -0.2) is 24.8 Å². The lowest BCUT2D eigenvalue weighted by atomic mass is 10.1. The quantitative estimate of drug-likeness (QED) is 0.525. The van der Waals surface area contributed by atoms with Gasteiger partial charge in [-0.2, -0.15) is 0 Å². The largest absolute Gasteiger partial charge is 0.496 e. The molecule has 0 spiro atoms. The van der Waals surface area contributed by atoms with Crippen LogP contribution in [0.25, 0.3) is 6.08 Å². The van der Waals surface area contributed by atoms with Crippen molar-refractivity contribution in [2.24, 2.45) is 0 Å². The molecule has 116 valence electrons. The van der Waals surface area contributed by atoms with Crippen molar-refractivity contribution >= 4 is 12.0 Å². The summed E-state index contributed by atoms with van der Waals surface area (Å²) in [7, 11) is 1.57. The van der Waals surface area contributed by atoms with E-state index >= 15 is 0 Å². The molecule has 0 atom stereocenters. The Hall–Kier alpha value is -1.81. The third-order valence-corrected chi connectivity index (χ3v) is 3.11. The van der Waals surface area contributed by atoms with Crippen LogP contribution < -0.4 is 4.74 Å². The topological polar surface area (TPSA) is 55.8 Å². The molecule has 21 heavy (non-hydrogen) atoms. The smallest absolute Gasteiger partial charge is 0.328 e. The molecule has 1 aromatic rings. The zero-order valence-corrected chi connectivity index (χ0v) is 12.8. The summed E-state index contributed by atoms with van der Waals surface area (Å²) >= 11 is 0. The molecule has 0 fully saturated rings. The van der Waals surface area contributed by atoms with E-state index in [1.54, 1.807) is 7.11 Å². The molecule has 0 saturated carbocycles. The fourth-order valence-electron chi connectivity index (χ4n) is 1.99. The number of carbonyl (C=O) groups is 1. The molecule has 0 bridgehead atoms. The van der Waals surface area contributed by atoms with E-state index in [0.29, 0.717) is 12.4 Å². The van der Waals surface area contributed by atoms with Gasteiger partial charge in [0, 0.05) is 18.2 Å². The third-order valence-electron chi connectivity index (χ3n) is 3.11. The first-order chi connectivity index (χ1) is 10.2. The second-order valence-corrected chi connectivity index (χ2v) is 4.86. The molecule has 0 aliphatic carbocycles. The molecule has 0 aliphatic heterocycles. The summed E-state index contributed by atoms with van der Waals surface area (Å²) in [5, 5.41) is 8.70. The minimum absolute atomic E-state index is 0.532. The zero-order valence-electron chi connectivity index (χ0n) is 12.8. The summed E-state index contributed by atoms with van der Waals surface area (Å²) in [6, 6.07) is 5.66. The van der Waals surface area contributed by atoms with Gasteiger partial charge in [0.05, 0.1) is 13.7 Å². The molecule has 0 aliphatic rings. The van der Waals surface area contributed by atoms with Gasteiger partial charge in [0.25, 0.3) is 0 Å². The molecular weight excluding hydrogens is 268 g/mol. The van der Waals surface area contributed by atoms with Crippen molar-refractivity contribution in [1.82, 2.24) is 0 Å². The van der Waals surface area contributed by atoms with Crippen LogP contribution in [-0.2, 0) is 16.1 Å². The summed E-state index contributed by atoms with van der Waals surface area (Å²) in [5.74, 6) is -0.325. The molecule has 1 N–H and O–H groups in total. The van der Waals surface area contributed by atoms with Crippen molar-refractivity contribution in [3.8, 4) is 5.75 Å². The SMILES string of the molecule is CCCCCCOCc1ccc(OC)c(C=CC(=O)O)c1. The van der Waals surface area contributed by atoms with Crippen LogP contribution in [0.3, 0.4) is 0 Å². The molecule has 0 radical (unpaired) electrons. The highest BCUT2D eigenvalue weighted by atomic mass is 16.5. The Balaban J connectivity index is 2.55. The normalized spacial score (nSPS) is 11.0. The standard InChI is InChI=1S/C17H24O4/c1-3-4-5-6-11-21-13-14-7-9-16(20-2)15(12-14)8-10-17(18)19/h7-10,12H,3-6,11,13H2,1-2H3,(H,18,19). The van der Waals surface area contributed by atoms with Gasteiger partial charge in [-0.1, -0.05) is 32.3 Å². The summed E-state index contributed by atoms with van der Waals surface area (Å²) in [4.78, 5) is 10.6. The van der Waals surface area contributed by atoms with Gasteiger partial charge >= 0.3 is 5.97 Å². The van der Waals surface area contributed by atoms with Crippen LogP contribution in [0.4, 0.5) is 0 Å². The molecule has 0 saturated heterocycles. The van der Waals surface area contributed by atoms with Crippen molar-refractivity contribution in [1.29, 1.82) is 0 Å². The minimum Gasteiger partial charge on any atom is -0.496 e. The molecule has 1 aromatic carbocycles. The van der Waals surface area contributed by atoms with Gasteiger partial charge in [0.2, 0.25) is 0 Å². The number of hydrogen-bond donors (Lipinski definition) is 1. The maximum atomic E-state index is 10.6. The van der Waals surface area contributed by atoms with Gasteiger partial charge in [-0.3, -0.25) is 0 Å². The van der Waals surface area contributed by atoms with Crippen LogP contribution in [0, 0.1) is 0 Å². The van der Waals surface area contributed by atoms with Crippen molar-refractivity contribution in [2.75, 3.05) is 13.7 Å². The van der Waals surface area contributed by atoms with Gasteiger partial charge in [-0.05, 0) is 30.2 Å². The minimum atomic E-state index is -0.977. The van der Waals surface area contributed by atoms with Gasteiger partial charge in [-0.15, -0.1) is 0 Å². The summed E-state index contributed by atoms with van der Waals surface area (Å²) < 4.78 is 10.9. The number of ether oxygens (including phenoxy) is 2. The Morgan fingerprint density at radius 3 is 2.76 bits per heavy atom. The van der Waals surface area contributed by atoms with Crippen molar-refractivity contribution in [3.05, 3.63) is 35.4 Å². The number of hydrogen-bond acceptors (Lipinski definition) is 3. The van der Waals surface area contributed by atoms with E-state index in [1.807, 2.05) is 18.2 Å². The van der Waals surface area contributed by atoms with Crippen LogP contribution >= 0.6 is 0 Å². The number of unbranched alkanes of at least 4 members (excludes halogenated alkanes) is 3. The average molecular weight is 292 g/mol. The maximum absolute atomic E-state index is 10.6. The van der Waals surface area contributed by atoms with Crippen LogP contribution in [0.1, 0.15) is 43.7 Å². The lowest BCUT2D eigenvalue weighted by molar-refractivity contribution is -0.131. The average Bonchev–Trinajstić information content (AvgIpc) is 2.48. The fraction of sp³-hybridized carbons (Fsp3) is 0.471. The highest BCUT2D eigenvalue weighted by molar-refractivity contribution is 5.85. The van der Waals surface area contributed by atoms with E-state index in [4.69, 9.17) is 14.6 Å². The second kappa shape index (κ2) is 10.00. The third kappa shape index (κ3) is 6.95. The van der Waals surface area contributed by atoms with E-state index in [0.717, 1.165) is 30.2 Å². The number of rotatable bonds is 10. The number of carboxylic acid groups (broad SMARTS) is 1. The van der Waals surface area contributed by atoms with Crippen LogP contribution in [0.5, 0.6) is 5.75 Å². The number of methoxy groups -OCH3 is 1. The van der Waals surface area contributed by atoms with Gasteiger partial charge in [0.1, 0.15) is 5.75 Å². The molecule has 0 unspecified atom stereocenters. The van der Waals surface area contributed by atoms with Crippen molar-refractivity contribution < 1.29 is 19.4 Å². The first kappa shape index (κ1) is 17.2. The Bertz CT molecular complexity index is 466. The van der Waals surface area contributed by atoms with Gasteiger partial charge < -0.3 is 14.6 Å². The number of aliphatic carboxylic acids is 1. The molecule has 4 heteroatoms. The zero-order chi connectivity index (χ0) is 15.5. The highest BCUT2D eigenvalue weighted by Gasteiger charge is 2.03. The number of benzene rings is 1. The Morgan fingerprint density at radius 2 is 2.10 bits per heavy atom. The molecule has 1 rings (SSSR count). The maximum Gasteiger partial charge on any atom is 0.328 e. The molecule has 0 heterocycles. The van der Waals surface area contributed by atoms with Crippen molar-refractivity contribution in [3.63, 3.8) is 0 Å². The number of carboxylic acids is 1. The fourth-order valence-corrected chi connectivity index (χ4v) is 1.99. The molecule has 4 nitrogen and oxygen atoms in total. The molecular formula is C17H24O4. The summed E-state index contributed by atoms with van der Waals surface area (Å²) in [5.41, 5.74) is 1.75. The summed E-state index contributed by atoms with van der Waals surface area (Å²) in [6.07, 6.45) is 7.38. The highest BCUT2D eigenvalue weighted by Crippen LogP contribution is 2.22.